The van der Waals surface area contributed by atoms with E-state index < -0.39 is 14.7 Å². The lowest BCUT2D eigenvalue weighted by molar-refractivity contribution is 0.225. The second-order valence-corrected chi connectivity index (χ2v) is 4.94. The summed E-state index contributed by atoms with van der Waals surface area (Å²) < 4.78 is 28.9. The van der Waals surface area contributed by atoms with E-state index in [9.17, 15) is 8.42 Å². The van der Waals surface area contributed by atoms with Crippen molar-refractivity contribution >= 4 is 9.84 Å². The zero-order chi connectivity index (χ0) is 12.9. The maximum Gasteiger partial charge on any atom is 0.221 e. The highest BCUT2D eigenvalue weighted by molar-refractivity contribution is 7.95. The molecule has 1 rings (SSSR count). The average molecular weight is 252 g/mol. The summed E-state index contributed by atoms with van der Waals surface area (Å²) in [4.78, 5) is -0.551. The molecule has 5 nitrogen and oxygen atoms in total. The van der Waals surface area contributed by atoms with Crippen molar-refractivity contribution in [1.29, 1.82) is 5.26 Å². The van der Waals surface area contributed by atoms with Crippen LogP contribution in [0.2, 0.25) is 0 Å². The van der Waals surface area contributed by atoms with Crippen molar-refractivity contribution in [3.8, 4) is 6.07 Å². The minimum Gasteiger partial charge on any atom is -0.478 e. The predicted molar refractivity (Wildman–Crippen MR) is 62.1 cm³/mol. The largest absolute Gasteiger partial charge is 0.478 e. The van der Waals surface area contributed by atoms with Gasteiger partial charge in [0.1, 0.15) is 6.07 Å². The van der Waals surface area contributed by atoms with Crippen molar-refractivity contribution in [2.75, 3.05) is 6.61 Å². The van der Waals surface area contributed by atoms with Crippen LogP contribution >= 0.6 is 0 Å². The summed E-state index contributed by atoms with van der Waals surface area (Å²) in [5, 5.41) is 8.87. The van der Waals surface area contributed by atoms with E-state index >= 15 is 0 Å². The van der Waals surface area contributed by atoms with Crippen molar-refractivity contribution < 1.29 is 13.2 Å². The first-order valence-electron chi connectivity index (χ1n) is 4.86. The Morgan fingerprint density at radius 3 is 2.47 bits per heavy atom. The Morgan fingerprint density at radius 1 is 1.41 bits per heavy atom. The normalized spacial score (nSPS) is 12.5. The van der Waals surface area contributed by atoms with Crippen LogP contribution in [0.5, 0.6) is 0 Å². The number of sulfone groups is 1. The van der Waals surface area contributed by atoms with Crippen LogP contribution in [0.25, 0.3) is 0 Å². The number of allylic oxidation sites excluding steroid dienone is 1. The molecule has 0 unspecified atom stereocenters. The smallest absolute Gasteiger partial charge is 0.221 e. The Morgan fingerprint density at radius 2 is 2.00 bits per heavy atom. The molecule has 0 saturated heterocycles. The van der Waals surface area contributed by atoms with Crippen LogP contribution in [-0.4, -0.2) is 15.0 Å². The van der Waals surface area contributed by atoms with Gasteiger partial charge in [-0.15, -0.1) is 0 Å². The maximum atomic E-state index is 12.0. The van der Waals surface area contributed by atoms with Crippen LogP contribution in [0, 0.1) is 11.3 Å². The molecule has 0 aromatic heterocycles. The summed E-state index contributed by atoms with van der Waals surface area (Å²) in [7, 11) is -3.90. The SMILES string of the molecule is CCO/C(N)=C(/C#N)S(=O)(=O)c1ccccc1. The third-order valence-electron chi connectivity index (χ3n) is 1.95. The van der Waals surface area contributed by atoms with Crippen molar-refractivity contribution in [3.63, 3.8) is 0 Å². The first-order chi connectivity index (χ1) is 8.04. The molecule has 0 bridgehead atoms. The molecule has 0 saturated carbocycles. The van der Waals surface area contributed by atoms with E-state index in [2.05, 4.69) is 0 Å². The Hall–Kier alpha value is -2.00. The fraction of sp³-hybridized carbons (Fsp3) is 0.182. The second-order valence-electron chi connectivity index (χ2n) is 3.05. The van der Waals surface area contributed by atoms with Crippen molar-refractivity contribution in [1.82, 2.24) is 0 Å². The molecule has 0 atom stereocenters. The van der Waals surface area contributed by atoms with Crippen molar-refractivity contribution in [2.45, 2.75) is 11.8 Å². The van der Waals surface area contributed by atoms with E-state index in [1.807, 2.05) is 0 Å². The fourth-order valence-corrected chi connectivity index (χ4v) is 2.38. The molecular formula is C11H12N2O3S. The molecule has 1 aromatic rings. The third kappa shape index (κ3) is 2.77. The quantitative estimate of drug-likeness (QED) is 0.640. The van der Waals surface area contributed by atoms with Gasteiger partial charge in [0.25, 0.3) is 0 Å². The number of nitrogens with two attached hydrogens (primary N) is 1. The Bertz CT molecular complexity index is 556. The second kappa shape index (κ2) is 5.37. The van der Waals surface area contributed by atoms with Crippen LogP contribution in [-0.2, 0) is 14.6 Å². The summed E-state index contributed by atoms with van der Waals surface area (Å²) in [6.45, 7) is 1.85. The summed E-state index contributed by atoms with van der Waals surface area (Å²) in [6, 6.07) is 9.17. The molecule has 90 valence electrons. The van der Waals surface area contributed by atoms with E-state index in [0.29, 0.717) is 0 Å². The first kappa shape index (κ1) is 13.1. The van der Waals surface area contributed by atoms with Gasteiger partial charge in [0.05, 0.1) is 11.5 Å². The predicted octanol–water partition coefficient (Wildman–Crippen LogP) is 1.15. The van der Waals surface area contributed by atoms with Crippen LogP contribution in [0.15, 0.2) is 46.0 Å². The Labute approximate surface area is 100 Å². The zero-order valence-electron chi connectivity index (χ0n) is 9.25. The standard InChI is InChI=1S/C11H12N2O3S/c1-2-16-11(13)10(8-12)17(14,15)9-6-4-3-5-7-9/h3-7H,2,13H2,1H3/b11-10-. The monoisotopic (exact) mass is 252 g/mol. The number of rotatable bonds is 4. The molecule has 0 spiro atoms. The number of nitrogens with zero attached hydrogens (tertiary/aromatic N) is 1. The van der Waals surface area contributed by atoms with Gasteiger partial charge >= 0.3 is 0 Å². The van der Waals surface area contributed by atoms with Gasteiger partial charge in [-0.05, 0) is 19.1 Å². The van der Waals surface area contributed by atoms with Crippen LogP contribution in [0.4, 0.5) is 0 Å². The summed E-state index contributed by atoms with van der Waals surface area (Å²) >= 11 is 0. The van der Waals surface area contributed by atoms with Crippen molar-refractivity contribution in [3.05, 3.63) is 41.1 Å². The van der Waals surface area contributed by atoms with Crippen molar-refractivity contribution in [2.24, 2.45) is 5.73 Å². The highest BCUT2D eigenvalue weighted by Gasteiger charge is 2.24. The van der Waals surface area contributed by atoms with Gasteiger partial charge in [-0.2, -0.15) is 5.26 Å². The number of nitriles is 1. The molecule has 0 aliphatic carbocycles. The number of benzene rings is 1. The molecule has 0 amide bonds. The first-order valence-corrected chi connectivity index (χ1v) is 6.35. The van der Waals surface area contributed by atoms with Gasteiger partial charge in [-0.3, -0.25) is 0 Å². The molecule has 2 N–H and O–H groups in total. The molecule has 6 heteroatoms. The molecular weight excluding hydrogens is 240 g/mol. The highest BCUT2D eigenvalue weighted by Crippen LogP contribution is 2.19. The molecule has 0 aliphatic rings. The topological polar surface area (TPSA) is 93.2 Å². The number of ether oxygens (including phenoxy) is 1. The van der Waals surface area contributed by atoms with Gasteiger partial charge in [0.2, 0.25) is 20.6 Å². The molecule has 0 fully saturated rings. The lowest BCUT2D eigenvalue weighted by Crippen LogP contribution is -2.13. The van der Waals surface area contributed by atoms with Gasteiger partial charge in [-0.25, -0.2) is 8.42 Å². The van der Waals surface area contributed by atoms with Crippen LogP contribution in [0.1, 0.15) is 6.92 Å². The van der Waals surface area contributed by atoms with Gasteiger partial charge in [0, 0.05) is 0 Å². The Balaban J connectivity index is 3.32. The number of hydrogen-bond donors (Lipinski definition) is 1. The van der Waals surface area contributed by atoms with Crippen LogP contribution < -0.4 is 5.73 Å². The summed E-state index contributed by atoms with van der Waals surface area (Å²) in [5.74, 6) is -0.376. The molecule has 0 aliphatic heterocycles. The van der Waals surface area contributed by atoms with Gasteiger partial charge < -0.3 is 10.5 Å². The lowest BCUT2D eigenvalue weighted by atomic mass is 10.4. The summed E-state index contributed by atoms with van der Waals surface area (Å²) in [5.41, 5.74) is 5.42. The van der Waals surface area contributed by atoms with E-state index in [0.717, 1.165) is 0 Å². The van der Waals surface area contributed by atoms with E-state index in [4.69, 9.17) is 15.7 Å². The molecule has 17 heavy (non-hydrogen) atoms. The minimum atomic E-state index is -3.90. The average Bonchev–Trinajstić information content (AvgIpc) is 2.31. The van der Waals surface area contributed by atoms with E-state index in [-0.39, 0.29) is 17.4 Å². The Kier molecular flexibility index (Phi) is 4.12. The number of hydrogen-bond acceptors (Lipinski definition) is 5. The zero-order valence-corrected chi connectivity index (χ0v) is 10.1. The van der Waals surface area contributed by atoms with Crippen LogP contribution in [0.3, 0.4) is 0 Å². The molecule has 0 heterocycles. The van der Waals surface area contributed by atoms with E-state index in [1.54, 1.807) is 31.2 Å². The molecule has 1 aromatic carbocycles. The van der Waals surface area contributed by atoms with Gasteiger partial charge in [-0.1, -0.05) is 18.2 Å². The lowest BCUT2D eigenvalue weighted by Gasteiger charge is -2.07. The minimum absolute atomic E-state index is 0.0132. The molecule has 0 radical (unpaired) electrons. The fourth-order valence-electron chi connectivity index (χ4n) is 1.19. The maximum absolute atomic E-state index is 12.0. The summed E-state index contributed by atoms with van der Waals surface area (Å²) in [6.07, 6.45) is 0. The van der Waals surface area contributed by atoms with Gasteiger partial charge in [0.15, 0.2) is 0 Å². The third-order valence-corrected chi connectivity index (χ3v) is 3.67. The highest BCUT2D eigenvalue weighted by atomic mass is 32.2. The van der Waals surface area contributed by atoms with E-state index in [1.165, 1.54) is 12.1 Å².